The third-order valence-corrected chi connectivity index (χ3v) is 3.64. The van der Waals surface area contributed by atoms with E-state index in [0.29, 0.717) is 25.2 Å². The van der Waals surface area contributed by atoms with Crippen LogP contribution in [0.15, 0.2) is 24.3 Å². The Bertz CT molecular complexity index is 543. The molecule has 1 aliphatic rings. The fourth-order valence-electron chi connectivity index (χ4n) is 2.43. The van der Waals surface area contributed by atoms with Crippen LogP contribution >= 0.6 is 0 Å². The molecule has 3 N–H and O–H groups in total. The highest BCUT2D eigenvalue weighted by Crippen LogP contribution is 2.21. The summed E-state index contributed by atoms with van der Waals surface area (Å²) >= 11 is 0. The summed E-state index contributed by atoms with van der Waals surface area (Å²) < 4.78 is 0. The first-order valence-corrected chi connectivity index (χ1v) is 6.88. The van der Waals surface area contributed by atoms with Crippen LogP contribution in [0.3, 0.4) is 0 Å². The lowest BCUT2D eigenvalue weighted by atomic mass is 10.0. The van der Waals surface area contributed by atoms with E-state index in [2.05, 4.69) is 11.8 Å². The van der Waals surface area contributed by atoms with Gasteiger partial charge in [-0.2, -0.15) is 0 Å². The first-order valence-electron chi connectivity index (χ1n) is 6.88. The van der Waals surface area contributed by atoms with E-state index >= 15 is 0 Å². The average Bonchev–Trinajstić information content (AvgIpc) is 2.94. The fraction of sp³-hybridized carbons (Fsp3) is 0.438. The quantitative estimate of drug-likeness (QED) is 0.784. The molecule has 4 heteroatoms. The molecule has 2 atom stereocenters. The van der Waals surface area contributed by atoms with E-state index in [1.165, 1.54) is 0 Å². The smallest absolute Gasteiger partial charge is 0.253 e. The molecule has 1 heterocycles. The topological polar surface area (TPSA) is 66.6 Å². The molecule has 1 aliphatic heterocycles. The maximum atomic E-state index is 12.4. The number of benzene rings is 1. The Morgan fingerprint density at radius 1 is 1.60 bits per heavy atom. The summed E-state index contributed by atoms with van der Waals surface area (Å²) in [5, 5.41) is 9.60. The summed E-state index contributed by atoms with van der Waals surface area (Å²) in [7, 11) is 0. The van der Waals surface area contributed by atoms with Crippen molar-refractivity contribution in [1.82, 2.24) is 4.90 Å². The molecule has 2 rings (SSSR count). The molecular weight excluding hydrogens is 252 g/mol. The SMILES string of the molecule is CC(O)C1CCN(C(=O)c2cccc(C#CCN)c2)C1. The van der Waals surface area contributed by atoms with Crippen LogP contribution in [0.4, 0.5) is 0 Å². The number of carbonyl (C=O) groups excluding carboxylic acids is 1. The van der Waals surface area contributed by atoms with Crippen LogP contribution in [0, 0.1) is 17.8 Å². The molecule has 1 amide bonds. The first-order chi connectivity index (χ1) is 9.61. The predicted octanol–water partition coefficient (Wildman–Crippen LogP) is 0.840. The summed E-state index contributed by atoms with van der Waals surface area (Å²) in [6, 6.07) is 7.28. The zero-order valence-electron chi connectivity index (χ0n) is 11.7. The van der Waals surface area contributed by atoms with Crippen molar-refractivity contribution in [1.29, 1.82) is 0 Å². The minimum Gasteiger partial charge on any atom is -0.393 e. The second-order valence-corrected chi connectivity index (χ2v) is 5.13. The van der Waals surface area contributed by atoms with Crippen LogP contribution < -0.4 is 5.73 Å². The monoisotopic (exact) mass is 272 g/mol. The van der Waals surface area contributed by atoms with E-state index in [1.54, 1.807) is 24.0 Å². The summed E-state index contributed by atoms with van der Waals surface area (Å²) in [6.07, 6.45) is 0.491. The Kier molecular flexibility index (Phi) is 4.78. The summed E-state index contributed by atoms with van der Waals surface area (Å²) in [5.74, 6) is 5.90. The molecule has 0 bridgehead atoms. The van der Waals surface area contributed by atoms with Crippen LogP contribution in [0.1, 0.15) is 29.3 Å². The van der Waals surface area contributed by atoms with Crippen molar-refractivity contribution in [3.05, 3.63) is 35.4 Å². The van der Waals surface area contributed by atoms with Crippen LogP contribution in [-0.2, 0) is 0 Å². The van der Waals surface area contributed by atoms with Crippen molar-refractivity contribution >= 4 is 5.91 Å². The lowest BCUT2D eigenvalue weighted by Crippen LogP contribution is -2.30. The number of nitrogens with two attached hydrogens (primary N) is 1. The van der Waals surface area contributed by atoms with Crippen LogP contribution in [0.5, 0.6) is 0 Å². The maximum absolute atomic E-state index is 12.4. The van der Waals surface area contributed by atoms with E-state index in [1.807, 2.05) is 12.1 Å². The van der Waals surface area contributed by atoms with Crippen LogP contribution in [0.2, 0.25) is 0 Å². The van der Waals surface area contributed by atoms with Crippen molar-refractivity contribution in [2.75, 3.05) is 19.6 Å². The number of nitrogens with zero attached hydrogens (tertiary/aromatic N) is 1. The van der Waals surface area contributed by atoms with Crippen molar-refractivity contribution in [2.45, 2.75) is 19.4 Å². The van der Waals surface area contributed by atoms with Gasteiger partial charge < -0.3 is 15.7 Å². The Balaban J connectivity index is 2.10. The Hall–Kier alpha value is -1.83. The van der Waals surface area contributed by atoms with Crippen LogP contribution in [-0.4, -0.2) is 41.7 Å². The molecule has 0 aliphatic carbocycles. The lowest BCUT2D eigenvalue weighted by Gasteiger charge is -2.17. The second-order valence-electron chi connectivity index (χ2n) is 5.13. The summed E-state index contributed by atoms with van der Waals surface area (Å²) in [4.78, 5) is 14.2. The van der Waals surface area contributed by atoms with Gasteiger partial charge in [-0.1, -0.05) is 17.9 Å². The van der Waals surface area contributed by atoms with Gasteiger partial charge in [0, 0.05) is 30.1 Å². The van der Waals surface area contributed by atoms with Crippen LogP contribution in [0.25, 0.3) is 0 Å². The Morgan fingerprint density at radius 2 is 2.40 bits per heavy atom. The van der Waals surface area contributed by atoms with Crippen molar-refractivity contribution < 1.29 is 9.90 Å². The van der Waals surface area contributed by atoms with E-state index in [0.717, 1.165) is 12.0 Å². The third kappa shape index (κ3) is 3.38. The van der Waals surface area contributed by atoms with Gasteiger partial charge in [0.1, 0.15) is 0 Å². The number of hydrogen-bond donors (Lipinski definition) is 2. The Morgan fingerprint density at radius 3 is 3.05 bits per heavy atom. The van der Waals surface area contributed by atoms with Gasteiger partial charge in [0.15, 0.2) is 0 Å². The largest absolute Gasteiger partial charge is 0.393 e. The molecular formula is C16H20N2O2. The number of carbonyl (C=O) groups is 1. The van der Waals surface area contributed by atoms with Gasteiger partial charge in [0.05, 0.1) is 12.6 Å². The van der Waals surface area contributed by atoms with E-state index in [-0.39, 0.29) is 17.9 Å². The molecule has 1 aromatic rings. The van der Waals surface area contributed by atoms with E-state index in [4.69, 9.17) is 5.73 Å². The summed E-state index contributed by atoms with van der Waals surface area (Å²) in [6.45, 7) is 3.41. The number of aliphatic hydroxyl groups excluding tert-OH is 1. The minimum absolute atomic E-state index is 0.00421. The highest BCUT2D eigenvalue weighted by molar-refractivity contribution is 5.94. The van der Waals surface area contributed by atoms with Gasteiger partial charge in [-0.05, 0) is 31.5 Å². The molecule has 2 unspecified atom stereocenters. The molecule has 106 valence electrons. The third-order valence-electron chi connectivity index (χ3n) is 3.64. The predicted molar refractivity (Wildman–Crippen MR) is 78.1 cm³/mol. The van der Waals surface area contributed by atoms with Crippen molar-refractivity contribution in [2.24, 2.45) is 11.7 Å². The molecule has 0 radical (unpaired) electrons. The molecule has 20 heavy (non-hydrogen) atoms. The molecule has 1 aromatic carbocycles. The van der Waals surface area contributed by atoms with Gasteiger partial charge >= 0.3 is 0 Å². The normalized spacial score (nSPS) is 19.4. The molecule has 0 saturated carbocycles. The minimum atomic E-state index is -0.366. The average molecular weight is 272 g/mol. The first kappa shape index (κ1) is 14.6. The molecule has 0 spiro atoms. The maximum Gasteiger partial charge on any atom is 0.253 e. The Labute approximate surface area is 119 Å². The van der Waals surface area contributed by atoms with E-state index in [9.17, 15) is 9.90 Å². The zero-order valence-corrected chi connectivity index (χ0v) is 11.7. The van der Waals surface area contributed by atoms with Gasteiger partial charge in [0.25, 0.3) is 5.91 Å². The van der Waals surface area contributed by atoms with Crippen molar-refractivity contribution in [3.8, 4) is 11.8 Å². The number of hydrogen-bond acceptors (Lipinski definition) is 3. The number of amides is 1. The van der Waals surface area contributed by atoms with E-state index < -0.39 is 0 Å². The zero-order chi connectivity index (χ0) is 14.5. The molecule has 1 fully saturated rings. The van der Waals surface area contributed by atoms with Gasteiger partial charge in [0.2, 0.25) is 0 Å². The molecule has 4 nitrogen and oxygen atoms in total. The summed E-state index contributed by atoms with van der Waals surface area (Å²) in [5.41, 5.74) is 6.78. The number of rotatable bonds is 2. The standard InChI is InChI=1S/C16H20N2O2/c1-12(19)15-7-9-18(11-15)16(20)14-6-2-4-13(10-14)5-3-8-17/h2,4,6,10,12,15,19H,7-9,11,17H2,1H3. The second kappa shape index (κ2) is 6.56. The van der Waals surface area contributed by atoms with Gasteiger partial charge in [-0.25, -0.2) is 0 Å². The number of likely N-dealkylation sites (tertiary alicyclic amines) is 1. The lowest BCUT2D eigenvalue weighted by molar-refractivity contribution is 0.0762. The fourth-order valence-corrected chi connectivity index (χ4v) is 2.43. The van der Waals surface area contributed by atoms with Gasteiger partial charge in [-0.15, -0.1) is 0 Å². The highest BCUT2D eigenvalue weighted by atomic mass is 16.3. The molecule has 0 aromatic heterocycles. The molecule has 1 saturated heterocycles. The van der Waals surface area contributed by atoms with Crippen molar-refractivity contribution in [3.63, 3.8) is 0 Å². The highest BCUT2D eigenvalue weighted by Gasteiger charge is 2.29. The number of aliphatic hydroxyl groups is 1. The van der Waals surface area contributed by atoms with Gasteiger partial charge in [-0.3, -0.25) is 4.79 Å².